The van der Waals surface area contributed by atoms with Crippen molar-refractivity contribution in [3.05, 3.63) is 34.9 Å². The third-order valence-corrected chi connectivity index (χ3v) is 2.29. The lowest BCUT2D eigenvalue weighted by molar-refractivity contribution is -0.876. The minimum Gasteiger partial charge on any atom is -0.726 e. The molecule has 0 bridgehead atoms. The van der Waals surface area contributed by atoms with Crippen molar-refractivity contribution in [2.75, 3.05) is 28.3 Å². The molecule has 0 aromatic heterocycles. The number of halogens is 1. The molecule has 0 heterocycles. The van der Waals surface area contributed by atoms with Crippen LogP contribution in [0.15, 0.2) is 29.4 Å². The van der Waals surface area contributed by atoms with E-state index in [1.807, 2.05) is 51.6 Å². The summed E-state index contributed by atoms with van der Waals surface area (Å²) in [5, 5.41) is 5.08. The first-order valence-corrected chi connectivity index (χ1v) is 6.89. The molecule has 6 nitrogen and oxygen atoms in total. The highest BCUT2D eigenvalue weighted by molar-refractivity contribution is 7.80. The number of rotatable bonds is 3. The van der Waals surface area contributed by atoms with Gasteiger partial charge in [-0.05, 0) is 17.7 Å². The van der Waals surface area contributed by atoms with Crippen LogP contribution in [0.25, 0.3) is 0 Å². The second-order valence-electron chi connectivity index (χ2n) is 4.31. The molecular weight excluding hydrogens is 292 g/mol. The highest BCUT2D eigenvalue weighted by Crippen LogP contribution is 2.08. The topological polar surface area (TPSA) is 78.8 Å². The minimum absolute atomic E-state index is 0.572. The molecule has 0 N–H and O–H groups in total. The Hall–Kier alpha value is -0.990. The van der Waals surface area contributed by atoms with Crippen molar-refractivity contribution in [1.29, 1.82) is 0 Å². The van der Waals surface area contributed by atoms with Crippen molar-refractivity contribution in [3.63, 3.8) is 0 Å². The van der Waals surface area contributed by atoms with Gasteiger partial charge in [0.2, 0.25) is 10.4 Å². The Kier molecular flexibility index (Phi) is 7.17. The van der Waals surface area contributed by atoms with Gasteiger partial charge in [0.1, 0.15) is 0 Å². The summed E-state index contributed by atoms with van der Waals surface area (Å²) in [7, 11) is 2.41. The van der Waals surface area contributed by atoms with Crippen molar-refractivity contribution >= 4 is 28.2 Å². The Morgan fingerprint density at radius 2 is 1.68 bits per heavy atom. The van der Waals surface area contributed by atoms with Crippen LogP contribution in [-0.4, -0.2) is 52.0 Å². The van der Waals surface area contributed by atoms with E-state index in [1.54, 1.807) is 0 Å². The normalized spacial score (nSPS) is 12.1. The van der Waals surface area contributed by atoms with Crippen molar-refractivity contribution in [1.82, 2.24) is 0 Å². The van der Waals surface area contributed by atoms with E-state index in [0.717, 1.165) is 17.7 Å². The second kappa shape index (κ2) is 7.56. The molecule has 19 heavy (non-hydrogen) atoms. The number of hydrogen-bond acceptors (Lipinski definition) is 5. The maximum atomic E-state index is 9.22. The summed E-state index contributed by atoms with van der Waals surface area (Å²) in [6.45, 7) is 0. The maximum absolute atomic E-state index is 9.22. The SMILES string of the molecule is COS(=O)(=O)[O-].C[N+](C)(C)/N=C/c1ccc(Cl)cc1. The van der Waals surface area contributed by atoms with E-state index in [9.17, 15) is 13.0 Å². The van der Waals surface area contributed by atoms with E-state index in [0.29, 0.717) is 4.59 Å². The van der Waals surface area contributed by atoms with Crippen LogP contribution in [0.4, 0.5) is 0 Å². The Balaban J connectivity index is 0.000000459. The molecule has 0 aliphatic rings. The monoisotopic (exact) mass is 308 g/mol. The van der Waals surface area contributed by atoms with Gasteiger partial charge in [0, 0.05) is 5.02 Å². The van der Waals surface area contributed by atoms with Gasteiger partial charge in [-0.25, -0.2) is 13.0 Å². The van der Waals surface area contributed by atoms with E-state index < -0.39 is 10.4 Å². The van der Waals surface area contributed by atoms with Crippen LogP contribution >= 0.6 is 11.6 Å². The molecule has 0 saturated carbocycles. The molecule has 1 aromatic carbocycles. The Morgan fingerprint density at radius 1 is 1.26 bits per heavy atom. The molecule has 0 saturated heterocycles. The molecule has 108 valence electrons. The van der Waals surface area contributed by atoms with Gasteiger partial charge in [0.15, 0.2) is 0 Å². The molecular formula is C11H17ClN2O4S. The van der Waals surface area contributed by atoms with Crippen LogP contribution in [0.2, 0.25) is 5.02 Å². The summed E-state index contributed by atoms with van der Waals surface area (Å²) in [6.07, 6.45) is 1.84. The summed E-state index contributed by atoms with van der Waals surface area (Å²) in [4.78, 5) is 0. The van der Waals surface area contributed by atoms with Gasteiger partial charge in [-0.2, -0.15) is 0 Å². The van der Waals surface area contributed by atoms with Gasteiger partial charge in [-0.3, -0.25) is 4.18 Å². The average molecular weight is 309 g/mol. The van der Waals surface area contributed by atoms with Crippen molar-refractivity contribution in [3.8, 4) is 0 Å². The highest BCUT2D eigenvalue weighted by Gasteiger charge is 2.01. The summed E-state index contributed by atoms with van der Waals surface area (Å²) in [5.41, 5.74) is 1.07. The molecule has 8 heteroatoms. The first kappa shape index (κ1) is 18.0. The molecule has 0 fully saturated rings. The number of benzene rings is 1. The molecule has 0 amide bonds. The van der Waals surface area contributed by atoms with Crippen LogP contribution in [-0.2, 0) is 14.6 Å². The molecule has 0 aliphatic heterocycles. The molecule has 0 radical (unpaired) electrons. The Labute approximate surface area is 118 Å². The van der Waals surface area contributed by atoms with Gasteiger partial charge >= 0.3 is 0 Å². The van der Waals surface area contributed by atoms with Crippen molar-refractivity contribution < 1.29 is 21.7 Å². The lowest BCUT2D eigenvalue weighted by Crippen LogP contribution is -2.27. The van der Waals surface area contributed by atoms with Gasteiger partial charge in [-0.15, -0.1) is 0 Å². The van der Waals surface area contributed by atoms with Gasteiger partial charge < -0.3 is 4.55 Å². The van der Waals surface area contributed by atoms with Crippen molar-refractivity contribution in [2.24, 2.45) is 5.10 Å². The quantitative estimate of drug-likeness (QED) is 0.278. The standard InChI is InChI=1S/C10H14ClN2.CH4O4S/c1-13(2,3)12-8-9-4-6-10(11)7-5-9;1-5-6(2,3)4/h4-8H,1-3H3;1H3,(H,2,3,4)/q+1;/p-1/b12-8+;. The molecule has 0 aliphatic carbocycles. The fraction of sp³-hybridized carbons (Fsp3) is 0.364. The van der Waals surface area contributed by atoms with Gasteiger partial charge in [0.05, 0.1) is 34.5 Å². The highest BCUT2D eigenvalue weighted by atomic mass is 35.5. The van der Waals surface area contributed by atoms with Crippen LogP contribution < -0.4 is 0 Å². The van der Waals surface area contributed by atoms with Crippen LogP contribution in [0.5, 0.6) is 0 Å². The summed E-state index contributed by atoms with van der Waals surface area (Å²) >= 11 is 5.75. The first-order chi connectivity index (χ1) is 8.53. The Morgan fingerprint density at radius 3 is 2.00 bits per heavy atom. The summed E-state index contributed by atoms with van der Waals surface area (Å²) in [6, 6.07) is 7.61. The fourth-order valence-electron chi connectivity index (χ4n) is 0.789. The van der Waals surface area contributed by atoms with Crippen molar-refractivity contribution in [2.45, 2.75) is 0 Å². The molecule has 1 rings (SSSR count). The lowest BCUT2D eigenvalue weighted by atomic mass is 10.2. The van der Waals surface area contributed by atoms with Crippen LogP contribution in [0, 0.1) is 0 Å². The van der Waals surface area contributed by atoms with E-state index in [-0.39, 0.29) is 0 Å². The predicted octanol–water partition coefficient (Wildman–Crippen LogP) is 1.47. The first-order valence-electron chi connectivity index (χ1n) is 5.17. The van der Waals surface area contributed by atoms with Crippen LogP contribution in [0.3, 0.4) is 0 Å². The average Bonchev–Trinajstić information content (AvgIpc) is 2.27. The zero-order valence-electron chi connectivity index (χ0n) is 11.2. The predicted molar refractivity (Wildman–Crippen MR) is 73.8 cm³/mol. The summed E-state index contributed by atoms with van der Waals surface area (Å²) in [5.74, 6) is 0. The largest absolute Gasteiger partial charge is 0.726 e. The molecule has 0 atom stereocenters. The molecule has 0 unspecified atom stereocenters. The number of hydrogen-bond donors (Lipinski definition) is 0. The molecule has 0 spiro atoms. The third kappa shape index (κ3) is 11.8. The Bertz CT molecular complexity index is 506. The smallest absolute Gasteiger partial charge is 0.217 e. The summed E-state index contributed by atoms with van der Waals surface area (Å²) < 4.78 is 31.6. The number of quaternary nitrogens is 1. The minimum atomic E-state index is -4.41. The molecule has 1 aromatic rings. The van der Waals surface area contributed by atoms with E-state index in [4.69, 9.17) is 11.6 Å². The van der Waals surface area contributed by atoms with Gasteiger partial charge in [0.25, 0.3) is 0 Å². The zero-order valence-corrected chi connectivity index (χ0v) is 12.8. The third-order valence-electron chi connectivity index (χ3n) is 1.63. The van der Waals surface area contributed by atoms with Gasteiger partial charge in [-0.1, -0.05) is 28.8 Å². The zero-order chi connectivity index (χ0) is 15.1. The van der Waals surface area contributed by atoms with Crippen LogP contribution in [0.1, 0.15) is 5.56 Å². The maximum Gasteiger partial charge on any atom is 0.217 e. The van der Waals surface area contributed by atoms with E-state index >= 15 is 0 Å². The van der Waals surface area contributed by atoms with E-state index in [2.05, 4.69) is 9.28 Å². The number of nitrogens with zero attached hydrogens (tertiary/aromatic N) is 2. The second-order valence-corrected chi connectivity index (χ2v) is 5.90. The van der Waals surface area contributed by atoms with E-state index in [1.165, 1.54) is 0 Å². The fourth-order valence-corrected chi connectivity index (χ4v) is 0.915. The lowest BCUT2D eigenvalue weighted by Gasteiger charge is -2.14.